The van der Waals surface area contributed by atoms with E-state index in [-0.39, 0.29) is 5.56 Å². The summed E-state index contributed by atoms with van der Waals surface area (Å²) in [5, 5.41) is 5.89. The monoisotopic (exact) mass is 371 g/mol. The number of nitrogens with zero attached hydrogens (tertiary/aromatic N) is 1. The Kier molecular flexibility index (Phi) is 5.40. The van der Waals surface area contributed by atoms with Crippen LogP contribution in [0.25, 0.3) is 0 Å². The van der Waals surface area contributed by atoms with E-state index in [0.29, 0.717) is 12.2 Å². The van der Waals surface area contributed by atoms with Gasteiger partial charge >= 0.3 is 6.18 Å². The van der Waals surface area contributed by atoms with Crippen molar-refractivity contribution in [1.82, 2.24) is 4.98 Å². The Morgan fingerprint density at radius 1 is 0.926 bits per heavy atom. The third kappa shape index (κ3) is 5.07. The van der Waals surface area contributed by atoms with Gasteiger partial charge in [0.1, 0.15) is 0 Å². The predicted molar refractivity (Wildman–Crippen MR) is 97.4 cm³/mol. The number of pyridine rings is 1. The molecule has 0 aliphatic heterocycles. The topological polar surface area (TPSA) is 54.0 Å². The highest BCUT2D eigenvalue weighted by Crippen LogP contribution is 2.29. The Labute approximate surface area is 154 Å². The van der Waals surface area contributed by atoms with Crippen molar-refractivity contribution in [3.8, 4) is 0 Å². The molecule has 0 bridgehead atoms. The summed E-state index contributed by atoms with van der Waals surface area (Å²) < 4.78 is 37.7. The van der Waals surface area contributed by atoms with Gasteiger partial charge in [0.25, 0.3) is 5.91 Å². The lowest BCUT2D eigenvalue weighted by Crippen LogP contribution is -2.12. The third-order valence-corrected chi connectivity index (χ3v) is 3.84. The second kappa shape index (κ2) is 7.90. The molecule has 7 heteroatoms. The maximum Gasteiger partial charge on any atom is 0.416 e. The number of rotatable bonds is 5. The minimum Gasteiger partial charge on any atom is -0.381 e. The summed E-state index contributed by atoms with van der Waals surface area (Å²) in [6.45, 7) is 0.616. The molecule has 2 aromatic carbocycles. The van der Waals surface area contributed by atoms with Gasteiger partial charge in [-0.15, -0.1) is 0 Å². The first-order chi connectivity index (χ1) is 12.9. The van der Waals surface area contributed by atoms with Crippen LogP contribution in [-0.4, -0.2) is 10.9 Å². The lowest BCUT2D eigenvalue weighted by Gasteiger charge is -2.10. The number of benzene rings is 2. The molecule has 0 spiro atoms. The number of halogens is 3. The maximum absolute atomic E-state index is 12.6. The number of hydrogen-bond acceptors (Lipinski definition) is 3. The van der Waals surface area contributed by atoms with E-state index >= 15 is 0 Å². The van der Waals surface area contributed by atoms with Crippen molar-refractivity contribution in [2.24, 2.45) is 0 Å². The predicted octanol–water partition coefficient (Wildman–Crippen LogP) is 4.96. The van der Waals surface area contributed by atoms with Crippen LogP contribution in [0.1, 0.15) is 21.5 Å². The van der Waals surface area contributed by atoms with Gasteiger partial charge in [-0.05, 0) is 60.2 Å². The molecule has 27 heavy (non-hydrogen) atoms. The van der Waals surface area contributed by atoms with Crippen LogP contribution < -0.4 is 10.6 Å². The van der Waals surface area contributed by atoms with Crippen molar-refractivity contribution in [3.05, 3.63) is 89.7 Å². The molecule has 3 rings (SSSR count). The minimum absolute atomic E-state index is 0.154. The first kappa shape index (κ1) is 18.4. The third-order valence-electron chi connectivity index (χ3n) is 3.84. The summed E-state index contributed by atoms with van der Waals surface area (Å²) in [6.07, 6.45) is -0.947. The molecule has 0 saturated carbocycles. The van der Waals surface area contributed by atoms with Gasteiger partial charge < -0.3 is 10.6 Å². The van der Waals surface area contributed by atoms with Gasteiger partial charge in [0, 0.05) is 35.9 Å². The number of carbonyl (C=O) groups excluding carboxylic acids is 1. The molecule has 0 aliphatic carbocycles. The van der Waals surface area contributed by atoms with Crippen molar-refractivity contribution in [1.29, 1.82) is 0 Å². The second-order valence-corrected chi connectivity index (χ2v) is 5.82. The van der Waals surface area contributed by atoms with Crippen LogP contribution >= 0.6 is 0 Å². The summed E-state index contributed by atoms with van der Waals surface area (Å²) in [4.78, 5) is 16.2. The Hall–Kier alpha value is -3.35. The highest BCUT2D eigenvalue weighted by Gasteiger charge is 2.30. The van der Waals surface area contributed by atoms with Crippen LogP contribution in [0.15, 0.2) is 73.1 Å². The highest BCUT2D eigenvalue weighted by molar-refractivity contribution is 6.04. The minimum atomic E-state index is -4.42. The normalized spacial score (nSPS) is 11.1. The molecule has 0 atom stereocenters. The first-order valence-corrected chi connectivity index (χ1v) is 8.13. The van der Waals surface area contributed by atoms with Gasteiger partial charge in [0.2, 0.25) is 0 Å². The van der Waals surface area contributed by atoms with E-state index in [1.807, 2.05) is 12.1 Å². The molecule has 0 radical (unpaired) electrons. The molecule has 138 valence electrons. The lowest BCUT2D eigenvalue weighted by molar-refractivity contribution is -0.137. The molecular formula is C20H16F3N3O. The number of hydrogen-bond donors (Lipinski definition) is 2. The Morgan fingerprint density at radius 2 is 1.59 bits per heavy atom. The summed E-state index contributed by atoms with van der Waals surface area (Å²) in [5.74, 6) is -0.472. The van der Waals surface area contributed by atoms with Crippen LogP contribution in [0.4, 0.5) is 24.5 Å². The molecule has 4 nitrogen and oxygen atoms in total. The number of nitrogens with one attached hydrogen (secondary N) is 2. The second-order valence-electron chi connectivity index (χ2n) is 5.82. The van der Waals surface area contributed by atoms with E-state index in [4.69, 9.17) is 0 Å². The zero-order chi connectivity index (χ0) is 19.3. The van der Waals surface area contributed by atoms with Gasteiger partial charge in [0.15, 0.2) is 0 Å². The molecule has 1 heterocycles. The molecule has 0 fully saturated rings. The van der Waals surface area contributed by atoms with Crippen LogP contribution in [0.5, 0.6) is 0 Å². The first-order valence-electron chi connectivity index (χ1n) is 8.13. The smallest absolute Gasteiger partial charge is 0.381 e. The van der Waals surface area contributed by atoms with Crippen molar-refractivity contribution in [3.63, 3.8) is 0 Å². The molecule has 3 aromatic rings. The van der Waals surface area contributed by atoms with Gasteiger partial charge in [-0.25, -0.2) is 0 Å². The van der Waals surface area contributed by atoms with E-state index in [1.54, 1.807) is 36.7 Å². The Bertz CT molecular complexity index is 893. The van der Waals surface area contributed by atoms with E-state index in [2.05, 4.69) is 15.6 Å². The highest BCUT2D eigenvalue weighted by atomic mass is 19.4. The SMILES string of the molecule is O=C(Nc1ccc(NCc2cccnc2)cc1)c1ccc(C(F)(F)F)cc1. The molecule has 1 amide bonds. The number of alkyl halides is 3. The molecular weight excluding hydrogens is 355 g/mol. The molecule has 0 aliphatic rings. The standard InChI is InChI=1S/C20H16F3N3O/c21-20(22,23)16-5-3-15(4-6-16)19(27)26-18-9-7-17(8-10-18)25-13-14-2-1-11-24-12-14/h1-12,25H,13H2,(H,26,27). The summed E-state index contributed by atoms with van der Waals surface area (Å²) in [6, 6.07) is 14.9. The quantitative estimate of drug-likeness (QED) is 0.666. The summed E-state index contributed by atoms with van der Waals surface area (Å²) in [5.41, 5.74) is 1.82. The molecule has 2 N–H and O–H groups in total. The van der Waals surface area contributed by atoms with Gasteiger partial charge in [0.05, 0.1) is 5.56 Å². The Morgan fingerprint density at radius 3 is 2.19 bits per heavy atom. The van der Waals surface area contributed by atoms with E-state index in [0.717, 1.165) is 35.5 Å². The molecule has 0 saturated heterocycles. The van der Waals surface area contributed by atoms with Crippen LogP contribution in [-0.2, 0) is 12.7 Å². The molecule has 1 aromatic heterocycles. The summed E-state index contributed by atoms with van der Waals surface area (Å²) >= 11 is 0. The van der Waals surface area contributed by atoms with E-state index in [9.17, 15) is 18.0 Å². The zero-order valence-corrected chi connectivity index (χ0v) is 14.1. The van der Waals surface area contributed by atoms with E-state index < -0.39 is 17.6 Å². The number of carbonyl (C=O) groups is 1. The fourth-order valence-electron chi connectivity index (χ4n) is 2.39. The van der Waals surface area contributed by atoms with Crippen molar-refractivity contribution >= 4 is 17.3 Å². The van der Waals surface area contributed by atoms with E-state index in [1.165, 1.54) is 0 Å². The average Bonchev–Trinajstić information content (AvgIpc) is 2.68. The van der Waals surface area contributed by atoms with Crippen molar-refractivity contribution < 1.29 is 18.0 Å². The fourth-order valence-corrected chi connectivity index (χ4v) is 2.39. The maximum atomic E-state index is 12.6. The van der Waals surface area contributed by atoms with Gasteiger partial charge in [-0.1, -0.05) is 6.07 Å². The van der Waals surface area contributed by atoms with Crippen molar-refractivity contribution in [2.45, 2.75) is 12.7 Å². The van der Waals surface area contributed by atoms with Crippen LogP contribution in [0, 0.1) is 0 Å². The average molecular weight is 371 g/mol. The van der Waals surface area contributed by atoms with Crippen LogP contribution in [0.3, 0.4) is 0 Å². The summed E-state index contributed by atoms with van der Waals surface area (Å²) in [7, 11) is 0. The number of aromatic nitrogens is 1. The fraction of sp³-hybridized carbons (Fsp3) is 0.100. The molecule has 0 unspecified atom stereocenters. The Balaban J connectivity index is 1.58. The largest absolute Gasteiger partial charge is 0.416 e. The number of amides is 1. The van der Waals surface area contributed by atoms with Gasteiger partial charge in [-0.3, -0.25) is 9.78 Å². The zero-order valence-electron chi connectivity index (χ0n) is 14.1. The van der Waals surface area contributed by atoms with Crippen molar-refractivity contribution in [2.75, 3.05) is 10.6 Å². The van der Waals surface area contributed by atoms with Crippen LogP contribution in [0.2, 0.25) is 0 Å². The number of anilines is 2. The lowest BCUT2D eigenvalue weighted by atomic mass is 10.1. The van der Waals surface area contributed by atoms with Gasteiger partial charge in [-0.2, -0.15) is 13.2 Å².